The fraction of sp³-hybridized carbons (Fsp3) is 0.462. The highest BCUT2D eigenvalue weighted by Gasteiger charge is 2.12. The van der Waals surface area contributed by atoms with E-state index in [1.165, 1.54) is 0 Å². The van der Waals surface area contributed by atoms with Crippen LogP contribution in [0, 0.1) is 13.8 Å². The Hall–Kier alpha value is -1.69. The van der Waals surface area contributed by atoms with Crippen molar-refractivity contribution in [3.05, 3.63) is 27.8 Å². The molecule has 0 saturated carbocycles. The Kier molecular flexibility index (Phi) is 3.99. The van der Waals surface area contributed by atoms with Gasteiger partial charge in [0.1, 0.15) is 5.82 Å². The molecule has 102 valence electrons. The Bertz CT molecular complexity index is 564. The van der Waals surface area contributed by atoms with E-state index < -0.39 is 0 Å². The predicted octanol–water partition coefficient (Wildman–Crippen LogP) is 2.79. The molecule has 6 heteroatoms. The molecule has 2 rings (SSSR count). The molecule has 2 aromatic rings. The van der Waals surface area contributed by atoms with Gasteiger partial charge in [-0.1, -0.05) is 0 Å². The molecule has 0 aliphatic heterocycles. The Morgan fingerprint density at radius 1 is 1.26 bits per heavy atom. The molecular formula is C13H19N5S. The van der Waals surface area contributed by atoms with Gasteiger partial charge in [-0.2, -0.15) is 4.98 Å². The van der Waals surface area contributed by atoms with E-state index in [1.54, 1.807) is 11.3 Å². The summed E-state index contributed by atoms with van der Waals surface area (Å²) < 4.78 is 0. The van der Waals surface area contributed by atoms with Crippen LogP contribution in [0.25, 0.3) is 0 Å². The van der Waals surface area contributed by atoms with Gasteiger partial charge in [-0.3, -0.25) is 0 Å². The lowest BCUT2D eigenvalue weighted by Crippen LogP contribution is -2.16. The third-order valence-corrected chi connectivity index (χ3v) is 3.59. The topological polar surface area (TPSA) is 53.9 Å². The summed E-state index contributed by atoms with van der Waals surface area (Å²) in [6.45, 7) is 6.08. The molecule has 0 amide bonds. The van der Waals surface area contributed by atoms with E-state index in [1.807, 2.05) is 39.0 Å². The zero-order valence-electron chi connectivity index (χ0n) is 11.9. The van der Waals surface area contributed by atoms with Crippen molar-refractivity contribution >= 4 is 23.1 Å². The van der Waals surface area contributed by atoms with Crippen molar-refractivity contribution in [2.75, 3.05) is 24.3 Å². The summed E-state index contributed by atoms with van der Waals surface area (Å²) in [6, 6.07) is 0.0997. The van der Waals surface area contributed by atoms with Crippen LogP contribution in [0.5, 0.6) is 0 Å². The summed E-state index contributed by atoms with van der Waals surface area (Å²) in [5.41, 5.74) is 2.09. The number of thiazole rings is 1. The SMILES string of the molecule is Cc1nc(C(C)Nc2ncc(C)c(N(C)C)n2)cs1. The average molecular weight is 277 g/mol. The third kappa shape index (κ3) is 3.20. The van der Waals surface area contributed by atoms with Crippen molar-refractivity contribution in [1.82, 2.24) is 15.0 Å². The van der Waals surface area contributed by atoms with Crippen molar-refractivity contribution in [3.8, 4) is 0 Å². The molecule has 0 bridgehead atoms. The van der Waals surface area contributed by atoms with E-state index in [-0.39, 0.29) is 6.04 Å². The van der Waals surface area contributed by atoms with Crippen molar-refractivity contribution in [2.45, 2.75) is 26.8 Å². The molecule has 0 spiro atoms. The maximum Gasteiger partial charge on any atom is 0.225 e. The largest absolute Gasteiger partial charge is 0.362 e. The average Bonchev–Trinajstić information content (AvgIpc) is 2.78. The number of aryl methyl sites for hydroxylation is 2. The maximum absolute atomic E-state index is 4.52. The molecule has 0 aliphatic rings. The number of anilines is 2. The molecule has 1 atom stereocenters. The van der Waals surface area contributed by atoms with Crippen LogP contribution in [0.2, 0.25) is 0 Å². The predicted molar refractivity (Wildman–Crippen MR) is 80.0 cm³/mol. The van der Waals surface area contributed by atoms with Gasteiger partial charge >= 0.3 is 0 Å². The molecule has 19 heavy (non-hydrogen) atoms. The summed E-state index contributed by atoms with van der Waals surface area (Å²) in [5.74, 6) is 1.56. The minimum atomic E-state index is 0.0997. The first kappa shape index (κ1) is 13.7. The van der Waals surface area contributed by atoms with Gasteiger partial charge in [0.2, 0.25) is 5.95 Å². The number of nitrogens with zero attached hydrogens (tertiary/aromatic N) is 4. The molecule has 1 unspecified atom stereocenters. The zero-order valence-corrected chi connectivity index (χ0v) is 12.7. The molecular weight excluding hydrogens is 258 g/mol. The zero-order chi connectivity index (χ0) is 14.0. The van der Waals surface area contributed by atoms with Gasteiger partial charge in [0.15, 0.2) is 0 Å². The second kappa shape index (κ2) is 5.52. The lowest BCUT2D eigenvalue weighted by molar-refractivity contribution is 0.824. The van der Waals surface area contributed by atoms with Gasteiger partial charge < -0.3 is 10.2 Å². The van der Waals surface area contributed by atoms with Gasteiger partial charge in [0.25, 0.3) is 0 Å². The first-order valence-corrected chi connectivity index (χ1v) is 7.05. The Morgan fingerprint density at radius 3 is 2.58 bits per heavy atom. The second-order valence-electron chi connectivity index (χ2n) is 4.75. The van der Waals surface area contributed by atoms with E-state index >= 15 is 0 Å². The molecule has 0 aromatic carbocycles. The van der Waals surface area contributed by atoms with E-state index in [2.05, 4.69) is 32.6 Å². The van der Waals surface area contributed by atoms with E-state index in [0.717, 1.165) is 22.1 Å². The minimum absolute atomic E-state index is 0.0997. The number of hydrogen-bond acceptors (Lipinski definition) is 6. The fourth-order valence-electron chi connectivity index (χ4n) is 1.80. The van der Waals surface area contributed by atoms with Crippen molar-refractivity contribution in [3.63, 3.8) is 0 Å². The summed E-state index contributed by atoms with van der Waals surface area (Å²) >= 11 is 1.65. The van der Waals surface area contributed by atoms with E-state index in [9.17, 15) is 0 Å². The number of aromatic nitrogens is 3. The van der Waals surface area contributed by atoms with E-state index in [0.29, 0.717) is 5.95 Å². The second-order valence-corrected chi connectivity index (χ2v) is 5.81. The Morgan fingerprint density at radius 2 is 2.00 bits per heavy atom. The van der Waals surface area contributed by atoms with Crippen molar-refractivity contribution < 1.29 is 0 Å². The molecule has 5 nitrogen and oxygen atoms in total. The van der Waals surface area contributed by atoms with E-state index in [4.69, 9.17) is 0 Å². The van der Waals surface area contributed by atoms with Gasteiger partial charge in [-0.05, 0) is 20.8 Å². The van der Waals surface area contributed by atoms with Crippen molar-refractivity contribution in [2.24, 2.45) is 0 Å². The smallest absolute Gasteiger partial charge is 0.225 e. The fourth-order valence-corrected chi connectivity index (χ4v) is 2.51. The number of hydrogen-bond donors (Lipinski definition) is 1. The van der Waals surface area contributed by atoms with Gasteiger partial charge in [0, 0.05) is 31.2 Å². The van der Waals surface area contributed by atoms with Gasteiger partial charge in [-0.25, -0.2) is 9.97 Å². The lowest BCUT2D eigenvalue weighted by atomic mass is 10.2. The molecule has 2 aromatic heterocycles. The summed E-state index contributed by atoms with van der Waals surface area (Å²) in [4.78, 5) is 15.3. The first-order valence-electron chi connectivity index (χ1n) is 6.17. The van der Waals surface area contributed by atoms with Crippen molar-refractivity contribution in [1.29, 1.82) is 0 Å². The highest BCUT2D eigenvalue weighted by molar-refractivity contribution is 7.09. The van der Waals surface area contributed by atoms with Gasteiger partial charge in [0.05, 0.1) is 16.7 Å². The van der Waals surface area contributed by atoms with Crippen LogP contribution in [0.1, 0.15) is 29.2 Å². The normalized spacial score (nSPS) is 12.3. The number of nitrogens with one attached hydrogen (secondary N) is 1. The number of rotatable bonds is 4. The lowest BCUT2D eigenvalue weighted by Gasteiger charge is -2.17. The molecule has 0 fully saturated rings. The Labute approximate surface area is 117 Å². The summed E-state index contributed by atoms with van der Waals surface area (Å²) in [5, 5.41) is 6.42. The molecule has 0 aliphatic carbocycles. The summed E-state index contributed by atoms with van der Waals surface area (Å²) in [6.07, 6.45) is 1.84. The van der Waals surface area contributed by atoms with Crippen LogP contribution in [-0.4, -0.2) is 29.0 Å². The molecule has 0 radical (unpaired) electrons. The monoisotopic (exact) mass is 277 g/mol. The molecule has 2 heterocycles. The summed E-state index contributed by atoms with van der Waals surface area (Å²) in [7, 11) is 3.96. The van der Waals surface area contributed by atoms with Crippen LogP contribution in [0.4, 0.5) is 11.8 Å². The molecule has 0 saturated heterocycles. The highest BCUT2D eigenvalue weighted by Crippen LogP contribution is 2.21. The highest BCUT2D eigenvalue weighted by atomic mass is 32.1. The minimum Gasteiger partial charge on any atom is -0.362 e. The third-order valence-electron chi connectivity index (χ3n) is 2.79. The van der Waals surface area contributed by atoms with Gasteiger partial charge in [-0.15, -0.1) is 11.3 Å². The van der Waals surface area contributed by atoms with Crippen LogP contribution in [-0.2, 0) is 0 Å². The van der Waals surface area contributed by atoms with Crippen LogP contribution >= 0.6 is 11.3 Å². The van der Waals surface area contributed by atoms with Crippen LogP contribution < -0.4 is 10.2 Å². The quantitative estimate of drug-likeness (QED) is 0.931. The first-order chi connectivity index (χ1) is 8.97. The maximum atomic E-state index is 4.52. The molecule has 1 N–H and O–H groups in total. The van der Waals surface area contributed by atoms with Crippen LogP contribution in [0.3, 0.4) is 0 Å². The van der Waals surface area contributed by atoms with Crippen LogP contribution in [0.15, 0.2) is 11.6 Å². The standard InChI is InChI=1S/C13H19N5S/c1-8-6-14-13(17-12(8)18(4)5)15-9(2)11-7-19-10(3)16-11/h6-7,9H,1-5H3,(H,14,15,17). The Balaban J connectivity index is 2.17.